The number of aryl methyl sites for hydroxylation is 1. The lowest BCUT2D eigenvalue weighted by molar-refractivity contribution is 0.0456. The molecule has 3 aromatic rings. The van der Waals surface area contributed by atoms with Crippen molar-refractivity contribution in [1.29, 1.82) is 0 Å². The van der Waals surface area contributed by atoms with Gasteiger partial charge in [-0.15, -0.1) is 0 Å². The molecule has 1 amide bonds. The Balaban J connectivity index is 1.28. The zero-order chi connectivity index (χ0) is 32.1. The van der Waals surface area contributed by atoms with Gasteiger partial charge in [-0.25, -0.2) is 13.1 Å². The molecule has 2 N–H and O–H groups in total. The van der Waals surface area contributed by atoms with Gasteiger partial charge in [0.2, 0.25) is 10.0 Å². The van der Waals surface area contributed by atoms with Crippen LogP contribution in [0.1, 0.15) is 66.1 Å². The number of halogens is 1. The standard InChI is InChI=1S/C36H41ClN2O5S2/c1-23-4-2-6-32(40)29-10-7-27(29)19-39-21-36(14-3-5-25-17-28(37)9-11-30(25)36)22-44-33-12-8-26(18-31(33)39)35(41)38-46(42,43)34(23)16-24-13-15-45-20-24/h2,6,8-9,11-13,15,17-18,20,23,27,29,32,34,40H,3-5,7,10,14,16,19,21-22H2,1H3,(H,38,41)/b6-2+/t23-,27-,29+,32-,34-,36-/m0/s1. The Morgan fingerprint density at radius 3 is 2.83 bits per heavy atom. The minimum absolute atomic E-state index is 0.109. The van der Waals surface area contributed by atoms with Gasteiger partial charge in [0.1, 0.15) is 5.75 Å². The summed E-state index contributed by atoms with van der Waals surface area (Å²) in [6, 6.07) is 13.4. The van der Waals surface area contributed by atoms with Crippen LogP contribution in [-0.4, -0.2) is 50.5 Å². The summed E-state index contributed by atoms with van der Waals surface area (Å²) >= 11 is 7.93. The number of nitrogens with one attached hydrogen (secondary N) is 1. The fraction of sp³-hybridized carbons (Fsp3) is 0.472. The number of allylic oxidation sites excluding steroid dienone is 1. The number of anilines is 1. The van der Waals surface area contributed by atoms with Crippen molar-refractivity contribution in [3.8, 4) is 5.75 Å². The van der Waals surface area contributed by atoms with Gasteiger partial charge in [0.05, 0.1) is 23.6 Å². The number of sulfonamides is 1. The molecule has 10 heteroatoms. The molecule has 7 nitrogen and oxygen atoms in total. The van der Waals surface area contributed by atoms with Gasteiger partial charge in [-0.05, 0) is 127 Å². The first-order chi connectivity index (χ1) is 22.1. The number of ether oxygens (including phenoxy) is 1. The van der Waals surface area contributed by atoms with Crippen LogP contribution >= 0.6 is 22.9 Å². The van der Waals surface area contributed by atoms with E-state index in [1.165, 1.54) is 22.5 Å². The molecule has 46 heavy (non-hydrogen) atoms. The number of amides is 1. The highest BCUT2D eigenvalue weighted by Gasteiger charge is 2.44. The number of carbonyl (C=O) groups is 1. The Morgan fingerprint density at radius 2 is 2.04 bits per heavy atom. The van der Waals surface area contributed by atoms with Gasteiger partial charge in [-0.1, -0.05) is 36.7 Å². The van der Waals surface area contributed by atoms with Crippen molar-refractivity contribution in [2.45, 2.75) is 68.6 Å². The van der Waals surface area contributed by atoms with Crippen molar-refractivity contribution in [2.24, 2.45) is 17.8 Å². The van der Waals surface area contributed by atoms with Crippen LogP contribution in [-0.2, 0) is 28.3 Å². The third-order valence-corrected chi connectivity index (χ3v) is 13.7. The molecule has 0 saturated heterocycles. The van der Waals surface area contributed by atoms with Crippen molar-refractivity contribution in [2.75, 3.05) is 24.6 Å². The van der Waals surface area contributed by atoms with Crippen LogP contribution in [0.25, 0.3) is 0 Å². The first-order valence-electron chi connectivity index (χ1n) is 16.3. The first kappa shape index (κ1) is 31.7. The monoisotopic (exact) mass is 680 g/mol. The number of aliphatic hydroxyl groups is 1. The molecule has 1 spiro atoms. The average Bonchev–Trinajstić information content (AvgIpc) is 3.47. The fourth-order valence-corrected chi connectivity index (χ4v) is 10.6. The molecule has 2 aromatic carbocycles. The molecule has 1 fully saturated rings. The second kappa shape index (κ2) is 12.6. The third-order valence-electron chi connectivity index (χ3n) is 10.8. The van der Waals surface area contributed by atoms with Crippen molar-refractivity contribution >= 4 is 44.6 Å². The molecule has 2 bridgehead atoms. The summed E-state index contributed by atoms with van der Waals surface area (Å²) in [5, 5.41) is 15.1. The maximum Gasteiger partial charge on any atom is 0.264 e. The number of hydrogen-bond donors (Lipinski definition) is 2. The lowest BCUT2D eigenvalue weighted by Gasteiger charge is -2.45. The van der Waals surface area contributed by atoms with Gasteiger partial charge in [0.15, 0.2) is 0 Å². The smallest absolute Gasteiger partial charge is 0.264 e. The molecular weight excluding hydrogens is 640 g/mol. The van der Waals surface area contributed by atoms with Crippen molar-refractivity contribution in [3.63, 3.8) is 0 Å². The van der Waals surface area contributed by atoms with Gasteiger partial charge < -0.3 is 14.7 Å². The van der Waals surface area contributed by atoms with Gasteiger partial charge in [-0.2, -0.15) is 11.3 Å². The van der Waals surface area contributed by atoms with Gasteiger partial charge in [0, 0.05) is 29.1 Å². The maximum absolute atomic E-state index is 13.9. The lowest BCUT2D eigenvalue weighted by Crippen LogP contribution is -2.49. The van der Waals surface area contributed by atoms with E-state index in [4.69, 9.17) is 16.3 Å². The van der Waals surface area contributed by atoms with Crippen LogP contribution in [0.2, 0.25) is 5.02 Å². The zero-order valence-electron chi connectivity index (χ0n) is 26.0. The molecule has 6 atom stereocenters. The number of carbonyl (C=O) groups excluding carboxylic acids is 1. The molecule has 3 heterocycles. The van der Waals surface area contributed by atoms with E-state index in [2.05, 4.69) is 21.8 Å². The second-order valence-electron chi connectivity index (χ2n) is 13.8. The summed E-state index contributed by atoms with van der Waals surface area (Å²) in [5.41, 5.74) is 4.23. The minimum Gasteiger partial charge on any atom is -0.490 e. The normalized spacial score (nSPS) is 31.4. The first-order valence-corrected chi connectivity index (χ1v) is 19.2. The second-order valence-corrected chi connectivity index (χ2v) is 16.9. The van der Waals surface area contributed by atoms with Gasteiger partial charge in [-0.3, -0.25) is 4.79 Å². The van der Waals surface area contributed by atoms with E-state index < -0.39 is 27.3 Å². The lowest BCUT2D eigenvalue weighted by atomic mass is 9.68. The van der Waals surface area contributed by atoms with Crippen LogP contribution in [0.5, 0.6) is 5.75 Å². The third kappa shape index (κ3) is 6.12. The Bertz CT molecular complexity index is 1740. The topological polar surface area (TPSA) is 95.9 Å². The summed E-state index contributed by atoms with van der Waals surface area (Å²) < 4.78 is 36.7. The zero-order valence-corrected chi connectivity index (χ0v) is 28.4. The molecule has 244 valence electrons. The number of hydrogen-bond acceptors (Lipinski definition) is 7. The van der Waals surface area contributed by atoms with Crippen LogP contribution < -0.4 is 14.4 Å². The summed E-state index contributed by atoms with van der Waals surface area (Å²) in [6.45, 7) is 3.79. The van der Waals surface area contributed by atoms with E-state index in [1.54, 1.807) is 18.2 Å². The molecule has 2 aliphatic carbocycles. The van der Waals surface area contributed by atoms with E-state index in [-0.39, 0.29) is 28.7 Å². The van der Waals surface area contributed by atoms with Gasteiger partial charge in [0.25, 0.3) is 5.91 Å². The van der Waals surface area contributed by atoms with Crippen LogP contribution in [0.15, 0.2) is 65.4 Å². The Labute approximate surface area is 280 Å². The van der Waals surface area contributed by atoms with Crippen molar-refractivity contribution < 1.29 is 23.1 Å². The largest absolute Gasteiger partial charge is 0.490 e. The minimum atomic E-state index is -4.04. The molecule has 0 unspecified atom stereocenters. The Morgan fingerprint density at radius 1 is 1.17 bits per heavy atom. The number of rotatable bonds is 2. The summed E-state index contributed by atoms with van der Waals surface area (Å²) in [5.74, 6) is 0.141. The van der Waals surface area contributed by atoms with Crippen molar-refractivity contribution in [1.82, 2.24) is 4.72 Å². The number of aliphatic hydroxyl groups excluding tert-OH is 1. The van der Waals surface area contributed by atoms with Crippen LogP contribution in [0.4, 0.5) is 5.69 Å². The van der Waals surface area contributed by atoms with E-state index in [0.717, 1.165) is 48.4 Å². The number of thiophene rings is 1. The van der Waals surface area contributed by atoms with Gasteiger partial charge >= 0.3 is 0 Å². The molecule has 1 saturated carbocycles. The van der Waals surface area contributed by atoms with E-state index >= 15 is 0 Å². The maximum atomic E-state index is 13.9. The Hall–Kier alpha value is -2.85. The average molecular weight is 681 g/mol. The molecule has 0 radical (unpaired) electrons. The van der Waals surface area contributed by atoms with E-state index in [1.807, 2.05) is 42.0 Å². The predicted molar refractivity (Wildman–Crippen MR) is 184 cm³/mol. The SMILES string of the molecule is C[C@H]1C/C=C/[C@H](O)[C@@H]2CC[C@H]2CN2C[C@@]3(CCCc4cc(Cl)ccc43)COc3ccc(cc32)C(=O)NS(=O)(=O)[C@H]1Cc1ccsc1. The highest BCUT2D eigenvalue weighted by molar-refractivity contribution is 7.90. The summed E-state index contributed by atoms with van der Waals surface area (Å²) in [6.07, 6.45) is 8.85. The fourth-order valence-electron chi connectivity index (χ4n) is 8.06. The number of nitrogens with zero attached hydrogens (tertiary/aromatic N) is 1. The number of benzene rings is 2. The number of fused-ring (bicyclic) bond motifs is 4. The highest BCUT2D eigenvalue weighted by atomic mass is 35.5. The van der Waals surface area contributed by atoms with E-state index in [9.17, 15) is 18.3 Å². The van der Waals surface area contributed by atoms with Crippen molar-refractivity contribution in [3.05, 3.63) is 92.7 Å². The molecular formula is C36H41ClN2O5S2. The van der Waals surface area contributed by atoms with E-state index in [0.29, 0.717) is 38.3 Å². The highest BCUT2D eigenvalue weighted by Crippen LogP contribution is 2.47. The molecule has 4 aliphatic rings. The summed E-state index contributed by atoms with van der Waals surface area (Å²) in [7, 11) is -4.04. The summed E-state index contributed by atoms with van der Waals surface area (Å²) in [4.78, 5) is 16.0. The van der Waals surface area contributed by atoms with Crippen LogP contribution in [0.3, 0.4) is 0 Å². The molecule has 2 aliphatic heterocycles. The predicted octanol–water partition coefficient (Wildman–Crippen LogP) is 6.53. The van der Waals surface area contributed by atoms with Crippen LogP contribution in [0, 0.1) is 17.8 Å². The molecule has 7 rings (SSSR count). The quantitative estimate of drug-likeness (QED) is 0.299. The Kier molecular flexibility index (Phi) is 8.72. The molecule has 1 aromatic heterocycles.